The van der Waals surface area contributed by atoms with E-state index in [4.69, 9.17) is 4.74 Å². The van der Waals surface area contributed by atoms with Crippen LogP contribution in [0.4, 0.5) is 4.39 Å². The summed E-state index contributed by atoms with van der Waals surface area (Å²) >= 11 is 1.59. The van der Waals surface area contributed by atoms with Gasteiger partial charge >= 0.3 is 0 Å². The zero-order valence-corrected chi connectivity index (χ0v) is 12.3. The summed E-state index contributed by atoms with van der Waals surface area (Å²) in [6.07, 6.45) is 0. The third kappa shape index (κ3) is 2.77. The molecule has 0 spiro atoms. The van der Waals surface area contributed by atoms with E-state index in [0.29, 0.717) is 11.3 Å². The predicted molar refractivity (Wildman–Crippen MR) is 75.4 cm³/mol. The van der Waals surface area contributed by atoms with Crippen LogP contribution in [0.3, 0.4) is 0 Å². The first-order valence-corrected chi connectivity index (χ1v) is 6.83. The van der Waals surface area contributed by atoms with Crippen LogP contribution in [-0.2, 0) is 0 Å². The van der Waals surface area contributed by atoms with Crippen LogP contribution in [-0.4, -0.2) is 19.1 Å². The molecule has 0 bridgehead atoms. The van der Waals surface area contributed by atoms with Crippen LogP contribution in [0.1, 0.15) is 27.2 Å². The number of ether oxygens (including phenoxy) is 1. The van der Waals surface area contributed by atoms with Gasteiger partial charge in [-0.05, 0) is 27.0 Å². The minimum Gasteiger partial charge on any atom is -0.497 e. The van der Waals surface area contributed by atoms with Crippen molar-refractivity contribution in [2.75, 3.05) is 14.2 Å². The van der Waals surface area contributed by atoms with Gasteiger partial charge in [-0.15, -0.1) is 11.3 Å². The summed E-state index contributed by atoms with van der Waals surface area (Å²) in [6, 6.07) is 4.75. The number of aromatic nitrogens is 1. The van der Waals surface area contributed by atoms with Gasteiger partial charge in [0.05, 0.1) is 23.9 Å². The summed E-state index contributed by atoms with van der Waals surface area (Å²) in [5.74, 6) is 0.248. The Morgan fingerprint density at radius 2 is 2.11 bits per heavy atom. The molecule has 0 saturated carbocycles. The number of methoxy groups -OCH3 is 1. The number of nitrogens with one attached hydrogen (secondary N) is 1. The van der Waals surface area contributed by atoms with Crippen molar-refractivity contribution in [1.82, 2.24) is 10.3 Å². The van der Waals surface area contributed by atoms with Crippen LogP contribution in [0.2, 0.25) is 0 Å². The Bertz CT molecular complexity index is 583. The SMILES string of the molecule is CNC(c1ccc(OC)cc1F)c1sc(C)nc1C. The molecular weight excluding hydrogens is 263 g/mol. The fourth-order valence-electron chi connectivity index (χ4n) is 2.11. The van der Waals surface area contributed by atoms with Crippen molar-refractivity contribution < 1.29 is 9.13 Å². The van der Waals surface area contributed by atoms with Gasteiger partial charge in [0.1, 0.15) is 11.6 Å². The Hall–Kier alpha value is -1.46. The van der Waals surface area contributed by atoms with Crippen LogP contribution < -0.4 is 10.1 Å². The largest absolute Gasteiger partial charge is 0.497 e. The smallest absolute Gasteiger partial charge is 0.132 e. The molecule has 0 amide bonds. The second-order valence-corrected chi connectivity index (χ2v) is 5.53. The molecule has 1 aromatic heterocycles. The van der Waals surface area contributed by atoms with Crippen LogP contribution >= 0.6 is 11.3 Å². The molecule has 0 aliphatic rings. The van der Waals surface area contributed by atoms with E-state index < -0.39 is 0 Å². The topological polar surface area (TPSA) is 34.1 Å². The summed E-state index contributed by atoms with van der Waals surface area (Å²) in [4.78, 5) is 5.45. The molecule has 1 atom stereocenters. The van der Waals surface area contributed by atoms with Crippen molar-refractivity contribution in [3.05, 3.63) is 45.2 Å². The number of halogens is 1. The first-order chi connectivity index (χ1) is 9.06. The quantitative estimate of drug-likeness (QED) is 0.933. The van der Waals surface area contributed by atoms with E-state index in [-0.39, 0.29) is 11.9 Å². The van der Waals surface area contributed by atoms with Crippen LogP contribution in [0.5, 0.6) is 5.75 Å². The highest BCUT2D eigenvalue weighted by molar-refractivity contribution is 7.11. The molecule has 3 nitrogen and oxygen atoms in total. The number of hydrogen-bond donors (Lipinski definition) is 1. The van der Waals surface area contributed by atoms with Crippen molar-refractivity contribution in [2.24, 2.45) is 0 Å². The molecule has 0 saturated heterocycles. The molecule has 2 rings (SSSR count). The Morgan fingerprint density at radius 1 is 1.37 bits per heavy atom. The first kappa shape index (κ1) is 14.0. The lowest BCUT2D eigenvalue weighted by molar-refractivity contribution is 0.410. The molecule has 0 radical (unpaired) electrons. The normalized spacial score (nSPS) is 12.5. The van der Waals surface area contributed by atoms with Crippen molar-refractivity contribution >= 4 is 11.3 Å². The molecular formula is C14H17FN2OS. The second-order valence-electron chi connectivity index (χ2n) is 4.29. The van der Waals surface area contributed by atoms with Gasteiger partial charge in [0.25, 0.3) is 0 Å². The summed E-state index contributed by atoms with van der Waals surface area (Å²) in [7, 11) is 3.35. The highest BCUT2D eigenvalue weighted by Crippen LogP contribution is 2.32. The molecule has 1 unspecified atom stereocenters. The number of rotatable bonds is 4. The fraction of sp³-hybridized carbons (Fsp3) is 0.357. The Morgan fingerprint density at radius 3 is 2.58 bits per heavy atom. The van der Waals surface area contributed by atoms with E-state index in [1.165, 1.54) is 13.2 Å². The van der Waals surface area contributed by atoms with Crippen molar-refractivity contribution in [2.45, 2.75) is 19.9 Å². The van der Waals surface area contributed by atoms with Crippen molar-refractivity contribution in [3.63, 3.8) is 0 Å². The average molecular weight is 280 g/mol. The molecule has 2 aromatic rings. The molecule has 0 aliphatic heterocycles. The van der Waals surface area contributed by atoms with Crippen LogP contribution in [0.25, 0.3) is 0 Å². The van der Waals surface area contributed by atoms with E-state index >= 15 is 0 Å². The van der Waals surface area contributed by atoms with E-state index in [0.717, 1.165) is 15.6 Å². The number of thiazole rings is 1. The van der Waals surface area contributed by atoms with E-state index in [2.05, 4.69) is 10.3 Å². The lowest BCUT2D eigenvalue weighted by Gasteiger charge is -2.17. The monoisotopic (exact) mass is 280 g/mol. The van der Waals surface area contributed by atoms with Gasteiger partial charge in [0.15, 0.2) is 0 Å². The number of hydrogen-bond acceptors (Lipinski definition) is 4. The summed E-state index contributed by atoms with van der Waals surface area (Å²) in [5.41, 5.74) is 1.55. The van der Waals surface area contributed by atoms with Crippen molar-refractivity contribution in [3.8, 4) is 5.75 Å². The molecule has 0 aliphatic carbocycles. The zero-order chi connectivity index (χ0) is 14.0. The van der Waals surface area contributed by atoms with Crippen molar-refractivity contribution in [1.29, 1.82) is 0 Å². The number of benzene rings is 1. The maximum atomic E-state index is 14.2. The van der Waals surface area contributed by atoms with Gasteiger partial charge in [0, 0.05) is 16.5 Å². The van der Waals surface area contributed by atoms with Gasteiger partial charge in [-0.25, -0.2) is 9.37 Å². The average Bonchev–Trinajstić information content (AvgIpc) is 2.71. The standard InChI is InChI=1S/C14H17FN2OS/c1-8-14(19-9(2)17-8)13(16-3)11-6-5-10(18-4)7-12(11)15/h5-7,13,16H,1-4H3. The van der Waals surface area contributed by atoms with Crippen LogP contribution in [0.15, 0.2) is 18.2 Å². The van der Waals surface area contributed by atoms with Gasteiger partial charge < -0.3 is 10.1 Å². The minimum atomic E-state index is -0.274. The summed E-state index contributed by atoms with van der Waals surface area (Å²) in [5, 5.41) is 4.14. The Kier molecular flexibility index (Phi) is 4.17. The first-order valence-electron chi connectivity index (χ1n) is 6.01. The van der Waals surface area contributed by atoms with Crippen LogP contribution in [0, 0.1) is 19.7 Å². The van der Waals surface area contributed by atoms with Gasteiger partial charge in [-0.2, -0.15) is 0 Å². The van der Waals surface area contributed by atoms with Gasteiger partial charge in [-0.1, -0.05) is 6.07 Å². The molecule has 0 fully saturated rings. The minimum absolute atomic E-state index is 0.183. The van der Waals surface area contributed by atoms with E-state index in [1.807, 2.05) is 20.9 Å². The number of aryl methyl sites for hydroxylation is 2. The summed E-state index contributed by atoms with van der Waals surface area (Å²) in [6.45, 7) is 3.91. The maximum absolute atomic E-state index is 14.2. The molecule has 19 heavy (non-hydrogen) atoms. The molecule has 1 N–H and O–H groups in total. The highest BCUT2D eigenvalue weighted by atomic mass is 32.1. The Labute approximate surface area is 116 Å². The van der Waals surface area contributed by atoms with E-state index in [1.54, 1.807) is 23.5 Å². The van der Waals surface area contributed by atoms with Gasteiger partial charge in [-0.3, -0.25) is 0 Å². The maximum Gasteiger partial charge on any atom is 0.132 e. The fourth-order valence-corrected chi connectivity index (χ4v) is 3.17. The molecule has 102 valence electrons. The molecule has 5 heteroatoms. The molecule has 1 heterocycles. The second kappa shape index (κ2) is 5.67. The molecule has 1 aromatic carbocycles. The predicted octanol–water partition coefficient (Wildman–Crippen LogP) is 3.22. The van der Waals surface area contributed by atoms with Gasteiger partial charge in [0.2, 0.25) is 0 Å². The summed E-state index contributed by atoms with van der Waals surface area (Å²) < 4.78 is 19.2. The lowest BCUT2D eigenvalue weighted by Crippen LogP contribution is -2.18. The highest BCUT2D eigenvalue weighted by Gasteiger charge is 2.21. The lowest BCUT2D eigenvalue weighted by atomic mass is 10.0. The third-order valence-corrected chi connectivity index (χ3v) is 4.15. The Balaban J connectivity index is 2.45. The number of nitrogens with zero attached hydrogens (tertiary/aromatic N) is 1. The zero-order valence-electron chi connectivity index (χ0n) is 11.5. The third-order valence-electron chi connectivity index (χ3n) is 3.01. The van der Waals surface area contributed by atoms with E-state index in [9.17, 15) is 4.39 Å².